The maximum Gasteiger partial charge on any atom is 0.147 e. The van der Waals surface area contributed by atoms with Gasteiger partial charge in [-0.25, -0.2) is 15.0 Å². The van der Waals surface area contributed by atoms with Gasteiger partial charge in [0, 0.05) is 12.3 Å². The second-order valence-electron chi connectivity index (χ2n) is 5.03. The summed E-state index contributed by atoms with van der Waals surface area (Å²) in [6.45, 7) is 0.961. The van der Waals surface area contributed by atoms with Crippen LogP contribution in [0.15, 0.2) is 41.1 Å². The summed E-state index contributed by atoms with van der Waals surface area (Å²) in [5.74, 6) is 0.894. The van der Waals surface area contributed by atoms with E-state index in [-0.39, 0.29) is 0 Å². The predicted molar refractivity (Wildman–Crippen MR) is 88.6 cm³/mol. The number of aromatic nitrogens is 3. The molecule has 0 radical (unpaired) electrons. The van der Waals surface area contributed by atoms with Gasteiger partial charge < -0.3 is 4.90 Å². The molecule has 0 fully saturated rings. The monoisotopic (exact) mass is 316 g/mol. The zero-order valence-electron chi connectivity index (χ0n) is 12.0. The van der Waals surface area contributed by atoms with Crippen molar-refractivity contribution in [2.24, 2.45) is 0 Å². The van der Waals surface area contributed by atoms with Gasteiger partial charge in [0.15, 0.2) is 0 Å². The van der Waals surface area contributed by atoms with Crippen molar-refractivity contribution in [3.05, 3.63) is 47.2 Å². The smallest absolute Gasteiger partial charge is 0.147 e. The minimum Gasteiger partial charge on any atom is -0.305 e. The van der Waals surface area contributed by atoms with E-state index >= 15 is 0 Å². The van der Waals surface area contributed by atoms with Gasteiger partial charge in [-0.2, -0.15) is 0 Å². The summed E-state index contributed by atoms with van der Waals surface area (Å²) in [6, 6.07) is 8.70. The van der Waals surface area contributed by atoms with Crippen molar-refractivity contribution < 1.29 is 0 Å². The third kappa shape index (κ3) is 3.58. The average Bonchev–Trinajstić information content (AvgIpc) is 2.93. The van der Waals surface area contributed by atoms with Crippen molar-refractivity contribution >= 4 is 33.4 Å². The highest BCUT2D eigenvalue weighted by Gasteiger charge is 2.07. The highest BCUT2D eigenvalue weighted by molar-refractivity contribution is 7.98. The lowest BCUT2D eigenvalue weighted by Gasteiger charge is -2.10. The number of fused-ring (bicyclic) bond motifs is 1. The van der Waals surface area contributed by atoms with E-state index in [0.717, 1.165) is 27.7 Å². The summed E-state index contributed by atoms with van der Waals surface area (Å²) in [6.07, 6.45) is 1.62. The van der Waals surface area contributed by atoms with Gasteiger partial charge in [0.05, 0.1) is 5.51 Å². The van der Waals surface area contributed by atoms with Gasteiger partial charge in [-0.3, -0.25) is 0 Å². The summed E-state index contributed by atoms with van der Waals surface area (Å²) in [7, 11) is 4.17. The van der Waals surface area contributed by atoms with Gasteiger partial charge in [-0.1, -0.05) is 36.0 Å². The molecule has 0 unspecified atom stereocenters. The minimum atomic E-state index is 0.894. The van der Waals surface area contributed by atoms with Gasteiger partial charge in [-0.05, 0) is 25.2 Å². The van der Waals surface area contributed by atoms with Crippen LogP contribution in [0.1, 0.15) is 11.1 Å². The van der Waals surface area contributed by atoms with E-state index in [1.54, 1.807) is 29.4 Å². The Morgan fingerprint density at radius 3 is 2.86 bits per heavy atom. The molecule has 3 aromatic rings. The first kappa shape index (κ1) is 14.4. The normalized spacial score (nSPS) is 11.4. The Labute approximate surface area is 132 Å². The molecule has 0 spiro atoms. The van der Waals surface area contributed by atoms with Crippen molar-refractivity contribution in [2.75, 3.05) is 14.1 Å². The zero-order valence-corrected chi connectivity index (χ0v) is 13.6. The molecule has 0 saturated carbocycles. The van der Waals surface area contributed by atoms with E-state index in [9.17, 15) is 0 Å². The van der Waals surface area contributed by atoms with Gasteiger partial charge in [0.1, 0.15) is 21.7 Å². The van der Waals surface area contributed by atoms with Crippen LogP contribution in [-0.2, 0) is 12.3 Å². The van der Waals surface area contributed by atoms with Crippen LogP contribution >= 0.6 is 23.1 Å². The molecule has 108 valence electrons. The first-order valence-electron chi connectivity index (χ1n) is 6.62. The lowest BCUT2D eigenvalue weighted by atomic mass is 10.1. The van der Waals surface area contributed by atoms with Gasteiger partial charge in [-0.15, -0.1) is 11.3 Å². The third-order valence-electron chi connectivity index (χ3n) is 2.97. The fourth-order valence-electron chi connectivity index (χ4n) is 2.11. The molecule has 1 aromatic carbocycles. The molecular weight excluding hydrogens is 300 g/mol. The van der Waals surface area contributed by atoms with Gasteiger partial charge in [0.2, 0.25) is 0 Å². The summed E-state index contributed by atoms with van der Waals surface area (Å²) >= 11 is 3.27. The standard InChI is InChI=1S/C15H16N4S2/c1-19(2)7-11-4-3-5-12(6-11)8-20-14-13-15(17-9-16-14)21-10-18-13/h3-6,9-10H,7-8H2,1-2H3. The predicted octanol–water partition coefficient (Wildman–Crippen LogP) is 3.44. The van der Waals surface area contributed by atoms with Crippen LogP contribution in [0.3, 0.4) is 0 Å². The molecule has 4 nitrogen and oxygen atoms in total. The van der Waals surface area contributed by atoms with E-state index in [2.05, 4.69) is 58.2 Å². The van der Waals surface area contributed by atoms with E-state index in [1.807, 2.05) is 5.51 Å². The maximum atomic E-state index is 4.35. The van der Waals surface area contributed by atoms with Gasteiger partial charge >= 0.3 is 0 Å². The summed E-state index contributed by atoms with van der Waals surface area (Å²) < 4.78 is 0. The Hall–Kier alpha value is -1.50. The fourth-order valence-corrected chi connectivity index (χ4v) is 3.70. The van der Waals surface area contributed by atoms with Crippen LogP contribution < -0.4 is 0 Å². The molecule has 0 aliphatic heterocycles. The highest BCUT2D eigenvalue weighted by atomic mass is 32.2. The second kappa shape index (κ2) is 6.51. The maximum absolute atomic E-state index is 4.35. The summed E-state index contributed by atoms with van der Waals surface area (Å²) in [5.41, 5.74) is 5.37. The molecule has 0 atom stereocenters. The quantitative estimate of drug-likeness (QED) is 0.533. The van der Waals surface area contributed by atoms with Crippen LogP contribution in [0.2, 0.25) is 0 Å². The van der Waals surface area contributed by atoms with Crippen LogP contribution in [-0.4, -0.2) is 33.9 Å². The van der Waals surface area contributed by atoms with Crippen molar-refractivity contribution in [3.63, 3.8) is 0 Å². The Balaban J connectivity index is 1.74. The van der Waals surface area contributed by atoms with Crippen LogP contribution in [0.5, 0.6) is 0 Å². The number of hydrogen-bond donors (Lipinski definition) is 0. The Morgan fingerprint density at radius 1 is 1.14 bits per heavy atom. The highest BCUT2D eigenvalue weighted by Crippen LogP contribution is 2.28. The Kier molecular flexibility index (Phi) is 4.48. The molecule has 0 aliphatic rings. The largest absolute Gasteiger partial charge is 0.305 e. The average molecular weight is 316 g/mol. The lowest BCUT2D eigenvalue weighted by Crippen LogP contribution is -2.10. The molecular formula is C15H16N4S2. The molecule has 3 rings (SSSR count). The van der Waals surface area contributed by atoms with Crippen LogP contribution in [0.25, 0.3) is 10.3 Å². The number of benzene rings is 1. The third-order valence-corrected chi connectivity index (χ3v) is 4.75. The van der Waals surface area contributed by atoms with Crippen molar-refractivity contribution in [1.29, 1.82) is 0 Å². The number of thiazole rings is 1. The SMILES string of the molecule is CN(C)Cc1cccc(CSc2ncnc3scnc23)c1. The van der Waals surface area contributed by atoms with Crippen molar-refractivity contribution in [1.82, 2.24) is 19.9 Å². The summed E-state index contributed by atoms with van der Waals surface area (Å²) in [4.78, 5) is 16.1. The fraction of sp³-hybridized carbons (Fsp3) is 0.267. The first-order valence-corrected chi connectivity index (χ1v) is 8.48. The lowest BCUT2D eigenvalue weighted by molar-refractivity contribution is 0.402. The van der Waals surface area contributed by atoms with Crippen molar-refractivity contribution in [3.8, 4) is 0 Å². The Bertz CT molecular complexity index is 739. The number of nitrogens with zero attached hydrogens (tertiary/aromatic N) is 4. The summed E-state index contributed by atoms with van der Waals surface area (Å²) in [5, 5.41) is 0.958. The van der Waals surface area contributed by atoms with E-state index in [1.165, 1.54) is 11.1 Å². The topological polar surface area (TPSA) is 41.9 Å². The van der Waals surface area contributed by atoms with Crippen LogP contribution in [0.4, 0.5) is 0 Å². The molecule has 0 saturated heterocycles. The van der Waals surface area contributed by atoms with Crippen LogP contribution in [0, 0.1) is 0 Å². The second-order valence-corrected chi connectivity index (χ2v) is 6.83. The molecule has 0 bridgehead atoms. The molecule has 0 aliphatic carbocycles. The van der Waals surface area contributed by atoms with E-state index in [4.69, 9.17) is 0 Å². The van der Waals surface area contributed by atoms with Crippen molar-refractivity contribution in [2.45, 2.75) is 17.3 Å². The molecule has 6 heteroatoms. The van der Waals surface area contributed by atoms with Gasteiger partial charge in [0.25, 0.3) is 0 Å². The number of rotatable bonds is 5. The molecule has 0 amide bonds. The first-order chi connectivity index (χ1) is 10.2. The minimum absolute atomic E-state index is 0.894. The molecule has 0 N–H and O–H groups in total. The molecule has 21 heavy (non-hydrogen) atoms. The zero-order chi connectivity index (χ0) is 14.7. The number of hydrogen-bond acceptors (Lipinski definition) is 6. The molecule has 2 aromatic heterocycles. The van der Waals surface area contributed by atoms with E-state index in [0.29, 0.717) is 0 Å². The van der Waals surface area contributed by atoms with E-state index < -0.39 is 0 Å². The number of thioether (sulfide) groups is 1. The molecule has 2 heterocycles. The Morgan fingerprint density at radius 2 is 2.00 bits per heavy atom.